The van der Waals surface area contributed by atoms with Gasteiger partial charge < -0.3 is 9.64 Å². The van der Waals surface area contributed by atoms with E-state index in [1.54, 1.807) is 0 Å². The Kier molecular flexibility index (Phi) is 4.00. The second kappa shape index (κ2) is 5.29. The molecule has 4 nitrogen and oxygen atoms in total. The zero-order chi connectivity index (χ0) is 11.5. The largest absolute Gasteiger partial charge is 0.475 e. The molecule has 0 amide bonds. The number of aromatic nitrogens is 2. The van der Waals surface area contributed by atoms with Crippen LogP contribution < -0.4 is 4.74 Å². The SMILES string of the molecule is CN(CCOc1ncnc(Cl)c1Br)C1CC1. The molecule has 0 bridgehead atoms. The first-order chi connectivity index (χ1) is 7.68. The fraction of sp³-hybridized carbons (Fsp3) is 0.600. The van der Waals surface area contributed by atoms with Gasteiger partial charge >= 0.3 is 0 Å². The maximum Gasteiger partial charge on any atom is 0.232 e. The van der Waals surface area contributed by atoms with Crippen LogP contribution in [0.1, 0.15) is 12.8 Å². The van der Waals surface area contributed by atoms with Crippen molar-refractivity contribution in [2.24, 2.45) is 0 Å². The first-order valence-electron chi connectivity index (χ1n) is 5.17. The molecule has 6 heteroatoms. The second-order valence-electron chi connectivity index (χ2n) is 3.84. The number of hydrogen-bond donors (Lipinski definition) is 0. The van der Waals surface area contributed by atoms with E-state index in [-0.39, 0.29) is 0 Å². The predicted octanol–water partition coefficient (Wildman–Crippen LogP) is 2.37. The number of rotatable bonds is 5. The molecule has 1 saturated carbocycles. The van der Waals surface area contributed by atoms with Crippen LogP contribution >= 0.6 is 27.5 Å². The number of nitrogens with zero attached hydrogens (tertiary/aromatic N) is 3. The minimum atomic E-state index is 0.376. The monoisotopic (exact) mass is 305 g/mol. The predicted molar refractivity (Wildman–Crippen MR) is 65.9 cm³/mol. The summed E-state index contributed by atoms with van der Waals surface area (Å²) < 4.78 is 6.16. The van der Waals surface area contributed by atoms with Crippen LogP contribution in [0.4, 0.5) is 0 Å². The molecule has 1 fully saturated rings. The number of halogens is 2. The van der Waals surface area contributed by atoms with Gasteiger partial charge in [0.15, 0.2) is 5.15 Å². The van der Waals surface area contributed by atoms with Gasteiger partial charge in [0.05, 0.1) is 0 Å². The second-order valence-corrected chi connectivity index (χ2v) is 4.99. The summed E-state index contributed by atoms with van der Waals surface area (Å²) in [5, 5.41) is 0.376. The fourth-order valence-corrected chi connectivity index (χ4v) is 1.86. The van der Waals surface area contributed by atoms with E-state index >= 15 is 0 Å². The van der Waals surface area contributed by atoms with Gasteiger partial charge in [0.2, 0.25) is 5.88 Å². The summed E-state index contributed by atoms with van der Waals surface area (Å²) in [6.07, 6.45) is 4.01. The minimum Gasteiger partial charge on any atom is -0.475 e. The molecule has 0 spiro atoms. The van der Waals surface area contributed by atoms with Gasteiger partial charge in [-0.3, -0.25) is 0 Å². The van der Waals surface area contributed by atoms with Gasteiger partial charge in [0.1, 0.15) is 17.4 Å². The van der Waals surface area contributed by atoms with Crippen LogP contribution in [0.3, 0.4) is 0 Å². The van der Waals surface area contributed by atoms with E-state index in [1.165, 1.54) is 19.2 Å². The normalized spacial score (nSPS) is 15.5. The van der Waals surface area contributed by atoms with Gasteiger partial charge in [-0.15, -0.1) is 0 Å². The van der Waals surface area contributed by atoms with Gasteiger partial charge in [-0.2, -0.15) is 0 Å². The third kappa shape index (κ3) is 3.06. The summed E-state index contributed by atoms with van der Waals surface area (Å²) in [4.78, 5) is 10.2. The molecule has 0 aliphatic heterocycles. The van der Waals surface area contributed by atoms with E-state index in [0.717, 1.165) is 12.6 Å². The molecule has 0 N–H and O–H groups in total. The first-order valence-corrected chi connectivity index (χ1v) is 6.34. The maximum atomic E-state index is 5.83. The van der Waals surface area contributed by atoms with E-state index in [4.69, 9.17) is 16.3 Å². The Balaban J connectivity index is 1.82. The van der Waals surface area contributed by atoms with E-state index < -0.39 is 0 Å². The molecule has 1 aliphatic carbocycles. The zero-order valence-corrected chi connectivity index (χ0v) is 11.3. The lowest BCUT2D eigenvalue weighted by Gasteiger charge is -2.15. The highest BCUT2D eigenvalue weighted by molar-refractivity contribution is 9.10. The highest BCUT2D eigenvalue weighted by Crippen LogP contribution is 2.28. The molecule has 2 rings (SSSR count). The number of ether oxygens (including phenoxy) is 1. The van der Waals surface area contributed by atoms with Crippen LogP contribution in [0.25, 0.3) is 0 Å². The first kappa shape index (κ1) is 12.1. The van der Waals surface area contributed by atoms with E-state index in [9.17, 15) is 0 Å². The summed E-state index contributed by atoms with van der Waals surface area (Å²) in [7, 11) is 2.11. The Morgan fingerprint density at radius 2 is 2.31 bits per heavy atom. The van der Waals surface area contributed by atoms with Gasteiger partial charge in [0.25, 0.3) is 0 Å². The lowest BCUT2D eigenvalue weighted by molar-refractivity contribution is 0.225. The van der Waals surface area contributed by atoms with Crippen molar-refractivity contribution < 1.29 is 4.74 Å². The molecule has 0 saturated heterocycles. The maximum absolute atomic E-state index is 5.83. The summed E-state index contributed by atoms with van der Waals surface area (Å²) in [6.45, 7) is 1.51. The summed E-state index contributed by atoms with van der Waals surface area (Å²) in [6, 6.07) is 0.751. The van der Waals surface area contributed by atoms with Crippen molar-refractivity contribution in [3.05, 3.63) is 16.0 Å². The van der Waals surface area contributed by atoms with Gasteiger partial charge in [-0.25, -0.2) is 9.97 Å². The number of hydrogen-bond acceptors (Lipinski definition) is 4. The Morgan fingerprint density at radius 1 is 1.56 bits per heavy atom. The molecule has 1 aliphatic rings. The highest BCUT2D eigenvalue weighted by Gasteiger charge is 2.25. The smallest absolute Gasteiger partial charge is 0.232 e. The molecular weight excluding hydrogens is 293 g/mol. The third-order valence-electron chi connectivity index (χ3n) is 2.57. The van der Waals surface area contributed by atoms with Crippen molar-refractivity contribution in [1.82, 2.24) is 14.9 Å². The van der Waals surface area contributed by atoms with Crippen LogP contribution in [0.5, 0.6) is 5.88 Å². The average molecular weight is 307 g/mol. The third-order valence-corrected chi connectivity index (χ3v) is 3.80. The van der Waals surface area contributed by atoms with Crippen LogP contribution in [0, 0.1) is 0 Å². The standard InChI is InChI=1S/C10H13BrClN3O/c1-15(7-2-3-7)4-5-16-10-8(11)9(12)13-6-14-10/h6-7H,2-5H2,1H3. The average Bonchev–Trinajstić information content (AvgIpc) is 3.07. The van der Waals surface area contributed by atoms with Crippen molar-refractivity contribution in [2.75, 3.05) is 20.2 Å². The van der Waals surface area contributed by atoms with Crippen LogP contribution in [-0.4, -0.2) is 41.1 Å². The molecule has 1 aromatic heterocycles. The molecule has 0 unspecified atom stereocenters. The highest BCUT2D eigenvalue weighted by atomic mass is 79.9. The van der Waals surface area contributed by atoms with Gasteiger partial charge in [0, 0.05) is 12.6 Å². The van der Waals surface area contributed by atoms with Crippen molar-refractivity contribution in [1.29, 1.82) is 0 Å². The lowest BCUT2D eigenvalue weighted by Crippen LogP contribution is -2.26. The van der Waals surface area contributed by atoms with Crippen molar-refractivity contribution in [2.45, 2.75) is 18.9 Å². The van der Waals surface area contributed by atoms with Gasteiger partial charge in [-0.05, 0) is 35.8 Å². The molecule has 0 aromatic carbocycles. The van der Waals surface area contributed by atoms with Crippen LogP contribution in [0.2, 0.25) is 5.15 Å². The molecule has 1 heterocycles. The molecule has 16 heavy (non-hydrogen) atoms. The number of likely N-dealkylation sites (N-methyl/N-ethyl adjacent to an activating group) is 1. The quantitative estimate of drug-likeness (QED) is 0.783. The molecule has 1 aromatic rings. The lowest BCUT2D eigenvalue weighted by atomic mass is 10.5. The van der Waals surface area contributed by atoms with E-state index in [2.05, 4.69) is 37.8 Å². The molecule has 0 atom stereocenters. The van der Waals surface area contributed by atoms with Crippen molar-refractivity contribution >= 4 is 27.5 Å². The van der Waals surface area contributed by atoms with Gasteiger partial charge in [-0.1, -0.05) is 11.6 Å². The Morgan fingerprint density at radius 3 is 3.00 bits per heavy atom. The molecule has 88 valence electrons. The Labute approximate surface area is 108 Å². The van der Waals surface area contributed by atoms with E-state index in [1.807, 2.05) is 0 Å². The fourth-order valence-electron chi connectivity index (χ4n) is 1.42. The molecule has 0 radical (unpaired) electrons. The van der Waals surface area contributed by atoms with Crippen molar-refractivity contribution in [3.8, 4) is 5.88 Å². The summed E-state index contributed by atoms with van der Waals surface area (Å²) >= 11 is 9.12. The van der Waals surface area contributed by atoms with E-state index in [0.29, 0.717) is 22.1 Å². The Bertz CT molecular complexity index is 373. The summed E-state index contributed by atoms with van der Waals surface area (Å²) in [5.41, 5.74) is 0. The topological polar surface area (TPSA) is 38.2 Å². The molecular formula is C10H13BrClN3O. The summed E-state index contributed by atoms with van der Waals surface area (Å²) in [5.74, 6) is 0.504. The van der Waals surface area contributed by atoms with Crippen LogP contribution in [0.15, 0.2) is 10.8 Å². The Hall–Kier alpha value is -0.390. The zero-order valence-electron chi connectivity index (χ0n) is 8.99. The minimum absolute atomic E-state index is 0.376. The van der Waals surface area contributed by atoms with Crippen LogP contribution in [-0.2, 0) is 0 Å². The van der Waals surface area contributed by atoms with Crippen molar-refractivity contribution in [3.63, 3.8) is 0 Å².